The standard InChI is InChI=1S/C11H14BrFO3/c1-16-7-2-3-8(9(13)6-7)11(15)10(14)4-5-12/h2-3,6,10-11,14-15H,4-5H2,1H3. The van der Waals surface area contributed by atoms with E-state index < -0.39 is 18.0 Å². The topological polar surface area (TPSA) is 49.7 Å². The van der Waals surface area contributed by atoms with E-state index in [0.717, 1.165) is 0 Å². The fourth-order valence-electron chi connectivity index (χ4n) is 1.35. The van der Waals surface area contributed by atoms with Gasteiger partial charge in [0.2, 0.25) is 0 Å². The number of benzene rings is 1. The first kappa shape index (κ1) is 13.4. The Kier molecular flexibility index (Phi) is 5.18. The second-order valence-corrected chi connectivity index (χ2v) is 4.17. The van der Waals surface area contributed by atoms with Gasteiger partial charge in [-0.25, -0.2) is 4.39 Å². The molecule has 1 rings (SSSR count). The lowest BCUT2D eigenvalue weighted by Crippen LogP contribution is -2.19. The lowest BCUT2D eigenvalue weighted by Gasteiger charge is -2.18. The molecular formula is C11H14BrFO3. The second kappa shape index (κ2) is 6.18. The Bertz CT molecular complexity index is 346. The van der Waals surface area contributed by atoms with Crippen molar-refractivity contribution >= 4 is 15.9 Å². The first-order valence-corrected chi connectivity index (χ1v) is 5.97. The molecule has 0 radical (unpaired) electrons. The number of aliphatic hydroxyl groups excluding tert-OH is 2. The first-order valence-electron chi connectivity index (χ1n) is 4.85. The fraction of sp³-hybridized carbons (Fsp3) is 0.455. The SMILES string of the molecule is COc1ccc(C(O)C(O)CCBr)c(F)c1. The minimum Gasteiger partial charge on any atom is -0.497 e. The molecule has 2 unspecified atom stereocenters. The molecule has 1 aromatic carbocycles. The van der Waals surface area contributed by atoms with Crippen LogP contribution in [0.2, 0.25) is 0 Å². The molecule has 2 N–H and O–H groups in total. The Morgan fingerprint density at radius 1 is 1.44 bits per heavy atom. The number of ether oxygens (including phenoxy) is 1. The van der Waals surface area contributed by atoms with Crippen LogP contribution in [0.5, 0.6) is 5.75 Å². The predicted octanol–water partition coefficient (Wildman–Crippen LogP) is 2.01. The van der Waals surface area contributed by atoms with Crippen molar-refractivity contribution in [2.24, 2.45) is 0 Å². The van der Waals surface area contributed by atoms with Gasteiger partial charge in [0.15, 0.2) is 0 Å². The van der Waals surface area contributed by atoms with E-state index in [1.165, 1.54) is 19.2 Å². The van der Waals surface area contributed by atoms with Gasteiger partial charge >= 0.3 is 0 Å². The smallest absolute Gasteiger partial charge is 0.132 e. The van der Waals surface area contributed by atoms with E-state index in [1.54, 1.807) is 6.07 Å². The van der Waals surface area contributed by atoms with Crippen LogP contribution >= 0.6 is 15.9 Å². The molecule has 90 valence electrons. The molecule has 0 heterocycles. The predicted molar refractivity (Wildman–Crippen MR) is 62.3 cm³/mol. The van der Waals surface area contributed by atoms with E-state index in [2.05, 4.69) is 15.9 Å². The summed E-state index contributed by atoms with van der Waals surface area (Å²) >= 11 is 3.15. The van der Waals surface area contributed by atoms with Gasteiger partial charge in [-0.15, -0.1) is 0 Å². The lowest BCUT2D eigenvalue weighted by molar-refractivity contribution is 0.0152. The summed E-state index contributed by atoms with van der Waals surface area (Å²) in [6.45, 7) is 0. The van der Waals surface area contributed by atoms with E-state index in [-0.39, 0.29) is 5.56 Å². The molecule has 0 amide bonds. The number of hydrogen-bond donors (Lipinski definition) is 2. The van der Waals surface area contributed by atoms with Crippen LogP contribution in [-0.2, 0) is 0 Å². The zero-order valence-electron chi connectivity index (χ0n) is 8.86. The summed E-state index contributed by atoms with van der Waals surface area (Å²) in [6, 6.07) is 4.14. The van der Waals surface area contributed by atoms with Gasteiger partial charge in [-0.05, 0) is 18.6 Å². The lowest BCUT2D eigenvalue weighted by atomic mass is 10.0. The minimum atomic E-state index is -1.22. The highest BCUT2D eigenvalue weighted by molar-refractivity contribution is 9.09. The summed E-state index contributed by atoms with van der Waals surface area (Å²) < 4.78 is 18.4. The van der Waals surface area contributed by atoms with Gasteiger partial charge in [-0.3, -0.25) is 0 Å². The van der Waals surface area contributed by atoms with Crippen LogP contribution in [0.15, 0.2) is 18.2 Å². The molecule has 0 fully saturated rings. The molecule has 5 heteroatoms. The maximum absolute atomic E-state index is 13.5. The molecule has 0 aromatic heterocycles. The molecule has 2 atom stereocenters. The highest BCUT2D eigenvalue weighted by Gasteiger charge is 2.21. The quantitative estimate of drug-likeness (QED) is 0.817. The van der Waals surface area contributed by atoms with Crippen molar-refractivity contribution in [1.29, 1.82) is 0 Å². The molecular weight excluding hydrogens is 279 g/mol. The first-order chi connectivity index (χ1) is 7.60. The average Bonchev–Trinajstić information content (AvgIpc) is 2.28. The largest absolute Gasteiger partial charge is 0.497 e. The highest BCUT2D eigenvalue weighted by Crippen LogP contribution is 2.25. The zero-order chi connectivity index (χ0) is 12.1. The van der Waals surface area contributed by atoms with Crippen LogP contribution in [0.1, 0.15) is 18.1 Å². The third-order valence-corrected chi connectivity index (χ3v) is 2.75. The van der Waals surface area contributed by atoms with Gasteiger partial charge in [-0.2, -0.15) is 0 Å². The Morgan fingerprint density at radius 2 is 2.12 bits per heavy atom. The summed E-state index contributed by atoms with van der Waals surface area (Å²) in [4.78, 5) is 0. The van der Waals surface area contributed by atoms with E-state index in [9.17, 15) is 14.6 Å². The third-order valence-electron chi connectivity index (χ3n) is 2.30. The maximum atomic E-state index is 13.5. The number of methoxy groups -OCH3 is 1. The van der Waals surface area contributed by atoms with Crippen molar-refractivity contribution in [3.05, 3.63) is 29.6 Å². The summed E-state index contributed by atoms with van der Waals surface area (Å²) in [5.41, 5.74) is 0.0780. The van der Waals surface area contributed by atoms with Crippen LogP contribution in [0, 0.1) is 5.82 Å². The third kappa shape index (κ3) is 3.17. The Labute approximate surface area is 102 Å². The molecule has 0 aliphatic heterocycles. The summed E-state index contributed by atoms with van der Waals surface area (Å²) in [5.74, 6) is -0.205. The minimum absolute atomic E-state index is 0.0780. The van der Waals surface area contributed by atoms with Crippen LogP contribution in [0.4, 0.5) is 4.39 Å². The summed E-state index contributed by atoms with van der Waals surface area (Å²) in [5, 5.41) is 19.8. The number of hydrogen-bond acceptors (Lipinski definition) is 3. The molecule has 0 spiro atoms. The van der Waals surface area contributed by atoms with E-state index in [4.69, 9.17) is 4.74 Å². The molecule has 0 aliphatic rings. The van der Waals surface area contributed by atoms with Crippen LogP contribution < -0.4 is 4.74 Å². The average molecular weight is 293 g/mol. The van der Waals surface area contributed by atoms with Crippen molar-refractivity contribution in [3.63, 3.8) is 0 Å². The van der Waals surface area contributed by atoms with Gasteiger partial charge in [0, 0.05) is 17.0 Å². The van der Waals surface area contributed by atoms with Crippen LogP contribution in [-0.4, -0.2) is 28.8 Å². The molecule has 0 bridgehead atoms. The van der Waals surface area contributed by atoms with Crippen molar-refractivity contribution in [2.45, 2.75) is 18.6 Å². The summed E-state index contributed by atoms with van der Waals surface area (Å²) in [6.07, 6.45) is -1.85. The monoisotopic (exact) mass is 292 g/mol. The Hall–Kier alpha value is -0.650. The molecule has 3 nitrogen and oxygen atoms in total. The van der Waals surface area contributed by atoms with Gasteiger partial charge in [0.1, 0.15) is 17.7 Å². The second-order valence-electron chi connectivity index (χ2n) is 3.38. The highest BCUT2D eigenvalue weighted by atomic mass is 79.9. The number of rotatable bonds is 5. The maximum Gasteiger partial charge on any atom is 0.132 e. The number of halogens is 2. The molecule has 0 aliphatic carbocycles. The van der Waals surface area contributed by atoms with Gasteiger partial charge in [0.05, 0.1) is 13.2 Å². The van der Waals surface area contributed by atoms with E-state index in [1.807, 2.05) is 0 Å². The molecule has 0 saturated carbocycles. The van der Waals surface area contributed by atoms with Gasteiger partial charge in [0.25, 0.3) is 0 Å². The molecule has 0 saturated heterocycles. The van der Waals surface area contributed by atoms with E-state index >= 15 is 0 Å². The van der Waals surface area contributed by atoms with Crippen molar-refractivity contribution in [2.75, 3.05) is 12.4 Å². The Balaban J connectivity index is 2.87. The van der Waals surface area contributed by atoms with Crippen molar-refractivity contribution in [1.82, 2.24) is 0 Å². The molecule has 16 heavy (non-hydrogen) atoms. The number of aliphatic hydroxyl groups is 2. The summed E-state index contributed by atoms with van der Waals surface area (Å²) in [7, 11) is 1.44. The molecule has 1 aromatic rings. The fourth-order valence-corrected chi connectivity index (χ4v) is 1.82. The normalized spacial score (nSPS) is 14.6. The van der Waals surface area contributed by atoms with Crippen LogP contribution in [0.3, 0.4) is 0 Å². The van der Waals surface area contributed by atoms with Gasteiger partial charge < -0.3 is 14.9 Å². The van der Waals surface area contributed by atoms with Crippen LogP contribution in [0.25, 0.3) is 0 Å². The van der Waals surface area contributed by atoms with E-state index in [0.29, 0.717) is 17.5 Å². The zero-order valence-corrected chi connectivity index (χ0v) is 10.4. The number of alkyl halides is 1. The Morgan fingerprint density at radius 3 is 2.62 bits per heavy atom. The van der Waals surface area contributed by atoms with Crippen molar-refractivity contribution < 1.29 is 19.3 Å². The van der Waals surface area contributed by atoms with Gasteiger partial charge in [-0.1, -0.05) is 15.9 Å². The van der Waals surface area contributed by atoms with Crippen molar-refractivity contribution in [3.8, 4) is 5.75 Å².